The summed E-state index contributed by atoms with van der Waals surface area (Å²) in [4.78, 5) is 22.9. The van der Waals surface area contributed by atoms with Crippen molar-refractivity contribution in [3.63, 3.8) is 0 Å². The minimum Gasteiger partial charge on any atom is -0.497 e. The standard InChI is InChI=1S/C20H20N4O4/c1-24(11-18-22-19(23-28-18)16-5-3-4-8-21-16)20(25)14-9-13-6-7-15(26-2)10-17(13)27-12-14/h3-8,10,14H,9,11-12H2,1-2H3/t14-/m0/s1. The minimum atomic E-state index is -0.260. The average molecular weight is 380 g/mol. The maximum Gasteiger partial charge on any atom is 0.246 e. The molecule has 0 unspecified atom stereocenters. The summed E-state index contributed by atoms with van der Waals surface area (Å²) in [7, 11) is 3.33. The van der Waals surface area contributed by atoms with E-state index in [1.807, 2.05) is 30.3 Å². The maximum absolute atomic E-state index is 12.8. The van der Waals surface area contributed by atoms with Gasteiger partial charge < -0.3 is 18.9 Å². The van der Waals surface area contributed by atoms with E-state index in [0.717, 1.165) is 17.1 Å². The Bertz CT molecular complexity index is 973. The molecule has 1 aliphatic rings. The van der Waals surface area contributed by atoms with Crippen LogP contribution in [-0.4, -0.2) is 46.7 Å². The molecule has 8 heteroatoms. The lowest BCUT2D eigenvalue weighted by Gasteiger charge is -2.27. The van der Waals surface area contributed by atoms with Crippen molar-refractivity contribution in [2.75, 3.05) is 20.8 Å². The Kier molecular flexibility index (Phi) is 4.92. The van der Waals surface area contributed by atoms with Crippen molar-refractivity contribution in [3.8, 4) is 23.0 Å². The van der Waals surface area contributed by atoms with Crippen LogP contribution in [0.3, 0.4) is 0 Å². The molecule has 1 atom stereocenters. The van der Waals surface area contributed by atoms with Crippen molar-refractivity contribution in [2.45, 2.75) is 13.0 Å². The first-order valence-corrected chi connectivity index (χ1v) is 8.92. The van der Waals surface area contributed by atoms with Gasteiger partial charge in [-0.25, -0.2) is 0 Å². The lowest BCUT2D eigenvalue weighted by Crippen LogP contribution is -2.38. The predicted molar refractivity (Wildman–Crippen MR) is 99.7 cm³/mol. The molecule has 0 bridgehead atoms. The van der Waals surface area contributed by atoms with Gasteiger partial charge in [0.15, 0.2) is 0 Å². The lowest BCUT2D eigenvalue weighted by atomic mass is 9.95. The Morgan fingerprint density at radius 2 is 2.21 bits per heavy atom. The second-order valence-electron chi connectivity index (χ2n) is 6.61. The first kappa shape index (κ1) is 18.0. The highest BCUT2D eigenvalue weighted by Crippen LogP contribution is 2.31. The molecule has 0 saturated carbocycles. The number of aromatic nitrogens is 3. The molecule has 3 heterocycles. The number of rotatable bonds is 5. The van der Waals surface area contributed by atoms with Gasteiger partial charge in [0.1, 0.15) is 23.8 Å². The molecule has 0 fully saturated rings. The summed E-state index contributed by atoms with van der Waals surface area (Å²) >= 11 is 0. The zero-order valence-corrected chi connectivity index (χ0v) is 15.7. The van der Waals surface area contributed by atoms with Crippen molar-refractivity contribution in [1.29, 1.82) is 0 Å². The van der Waals surface area contributed by atoms with Crippen LogP contribution in [0.15, 0.2) is 47.1 Å². The van der Waals surface area contributed by atoms with E-state index in [1.165, 1.54) is 0 Å². The molecule has 28 heavy (non-hydrogen) atoms. The number of pyridine rings is 1. The smallest absolute Gasteiger partial charge is 0.246 e. The summed E-state index contributed by atoms with van der Waals surface area (Å²) < 4.78 is 16.3. The molecule has 1 aromatic carbocycles. The van der Waals surface area contributed by atoms with Crippen LogP contribution in [-0.2, 0) is 17.8 Å². The zero-order valence-electron chi connectivity index (χ0n) is 15.7. The lowest BCUT2D eigenvalue weighted by molar-refractivity contribution is -0.136. The van der Waals surface area contributed by atoms with E-state index in [2.05, 4.69) is 15.1 Å². The molecule has 0 aliphatic carbocycles. The third-order valence-corrected chi connectivity index (χ3v) is 4.64. The normalized spacial score (nSPS) is 15.4. The highest BCUT2D eigenvalue weighted by Gasteiger charge is 2.29. The summed E-state index contributed by atoms with van der Waals surface area (Å²) in [6, 6.07) is 11.1. The van der Waals surface area contributed by atoms with Gasteiger partial charge in [0.25, 0.3) is 0 Å². The van der Waals surface area contributed by atoms with Crippen LogP contribution in [0.5, 0.6) is 11.5 Å². The first-order chi connectivity index (χ1) is 13.6. The van der Waals surface area contributed by atoms with Crippen LogP contribution in [0.1, 0.15) is 11.5 Å². The van der Waals surface area contributed by atoms with E-state index < -0.39 is 0 Å². The predicted octanol–water partition coefficient (Wildman–Crippen LogP) is 2.35. The van der Waals surface area contributed by atoms with Crippen molar-refractivity contribution in [2.24, 2.45) is 5.92 Å². The molecule has 3 aromatic rings. The van der Waals surface area contributed by atoms with Crippen LogP contribution in [0.25, 0.3) is 11.5 Å². The Labute approximate surface area is 162 Å². The molecule has 1 amide bonds. The van der Waals surface area contributed by atoms with Crippen LogP contribution in [0.4, 0.5) is 0 Å². The largest absolute Gasteiger partial charge is 0.497 e. The van der Waals surface area contributed by atoms with E-state index in [4.69, 9.17) is 14.0 Å². The average Bonchev–Trinajstić information content (AvgIpc) is 3.21. The topological polar surface area (TPSA) is 90.6 Å². The van der Waals surface area contributed by atoms with Crippen LogP contribution >= 0.6 is 0 Å². The molecule has 144 valence electrons. The summed E-state index contributed by atoms with van der Waals surface area (Å²) in [5.74, 6) is 1.98. The van der Waals surface area contributed by atoms with Gasteiger partial charge >= 0.3 is 0 Å². The molecule has 0 N–H and O–H groups in total. The Hall–Kier alpha value is -3.42. The summed E-state index contributed by atoms with van der Waals surface area (Å²) in [5.41, 5.74) is 1.62. The van der Waals surface area contributed by atoms with Crippen LogP contribution < -0.4 is 9.47 Å². The van der Waals surface area contributed by atoms with E-state index >= 15 is 0 Å². The van der Waals surface area contributed by atoms with Crippen molar-refractivity contribution < 1.29 is 18.8 Å². The monoisotopic (exact) mass is 380 g/mol. The van der Waals surface area contributed by atoms with Crippen molar-refractivity contribution in [3.05, 3.63) is 54.0 Å². The Balaban J connectivity index is 1.41. The fourth-order valence-corrected chi connectivity index (χ4v) is 3.15. The number of amides is 1. The second kappa shape index (κ2) is 7.67. The summed E-state index contributed by atoms with van der Waals surface area (Å²) in [6.07, 6.45) is 2.28. The van der Waals surface area contributed by atoms with Gasteiger partial charge in [0.2, 0.25) is 17.6 Å². The summed E-state index contributed by atoms with van der Waals surface area (Å²) in [6.45, 7) is 0.553. The fourth-order valence-electron chi connectivity index (χ4n) is 3.15. The molecule has 4 rings (SSSR count). The van der Waals surface area contributed by atoms with Gasteiger partial charge in [-0.15, -0.1) is 0 Å². The molecule has 0 spiro atoms. The zero-order chi connectivity index (χ0) is 19.5. The van der Waals surface area contributed by atoms with E-state index in [-0.39, 0.29) is 18.4 Å². The van der Waals surface area contributed by atoms with Gasteiger partial charge in [-0.1, -0.05) is 17.3 Å². The molecule has 8 nitrogen and oxygen atoms in total. The molecular formula is C20H20N4O4. The number of hydrogen-bond donors (Lipinski definition) is 0. The van der Waals surface area contributed by atoms with Crippen molar-refractivity contribution in [1.82, 2.24) is 20.0 Å². The molecule has 0 saturated heterocycles. The number of benzene rings is 1. The Morgan fingerprint density at radius 1 is 1.32 bits per heavy atom. The van der Waals surface area contributed by atoms with Crippen molar-refractivity contribution >= 4 is 5.91 Å². The molecule has 0 radical (unpaired) electrons. The molecule has 2 aromatic heterocycles. The highest BCUT2D eigenvalue weighted by atomic mass is 16.5. The molecule has 1 aliphatic heterocycles. The number of ether oxygens (including phenoxy) is 2. The number of nitrogens with zero attached hydrogens (tertiary/aromatic N) is 4. The maximum atomic E-state index is 12.8. The van der Waals surface area contributed by atoms with E-state index in [9.17, 15) is 4.79 Å². The van der Waals surface area contributed by atoms with Gasteiger partial charge in [0, 0.05) is 19.3 Å². The highest BCUT2D eigenvalue weighted by molar-refractivity contribution is 5.79. The summed E-state index contributed by atoms with van der Waals surface area (Å²) in [5, 5.41) is 3.93. The number of fused-ring (bicyclic) bond motifs is 1. The van der Waals surface area contributed by atoms with Gasteiger partial charge in [0.05, 0.1) is 19.6 Å². The number of methoxy groups -OCH3 is 1. The minimum absolute atomic E-state index is 0.0287. The third kappa shape index (κ3) is 3.66. The fraction of sp³-hybridized carbons (Fsp3) is 0.300. The van der Waals surface area contributed by atoms with Gasteiger partial charge in [-0.05, 0) is 30.2 Å². The van der Waals surface area contributed by atoms with E-state index in [0.29, 0.717) is 30.4 Å². The Morgan fingerprint density at radius 3 is 3.00 bits per heavy atom. The first-order valence-electron chi connectivity index (χ1n) is 8.92. The van der Waals surface area contributed by atoms with Gasteiger partial charge in [-0.2, -0.15) is 4.98 Å². The third-order valence-electron chi connectivity index (χ3n) is 4.64. The van der Waals surface area contributed by atoms with Crippen LogP contribution in [0.2, 0.25) is 0 Å². The molecular weight excluding hydrogens is 360 g/mol. The SMILES string of the molecule is COc1ccc2c(c1)OC[C@@H](C(=O)N(C)Cc1nc(-c3ccccn3)no1)C2. The van der Waals surface area contributed by atoms with Crippen LogP contribution in [0, 0.1) is 5.92 Å². The number of carbonyl (C=O) groups excluding carboxylic acids is 1. The number of carbonyl (C=O) groups is 1. The number of hydrogen-bond acceptors (Lipinski definition) is 7. The quantitative estimate of drug-likeness (QED) is 0.671. The van der Waals surface area contributed by atoms with E-state index in [1.54, 1.807) is 31.3 Å². The second-order valence-corrected chi connectivity index (χ2v) is 6.61. The van der Waals surface area contributed by atoms with Gasteiger partial charge in [-0.3, -0.25) is 9.78 Å².